The molecule has 0 atom stereocenters. The van der Waals surface area contributed by atoms with Crippen molar-refractivity contribution in [1.82, 2.24) is 0 Å². The van der Waals surface area contributed by atoms with E-state index in [1.54, 1.807) is 0 Å². The summed E-state index contributed by atoms with van der Waals surface area (Å²) in [4.78, 5) is 20.4. The highest BCUT2D eigenvalue weighted by Crippen LogP contribution is 1.89. The summed E-state index contributed by atoms with van der Waals surface area (Å²) in [6, 6.07) is 0. The summed E-state index contributed by atoms with van der Waals surface area (Å²) in [6.07, 6.45) is 0.796. The molecule has 0 rings (SSSR count). The van der Waals surface area contributed by atoms with E-state index >= 15 is 0 Å². The highest BCUT2D eigenvalue weighted by atomic mass is 19.0. The highest BCUT2D eigenvalue weighted by Gasteiger charge is 1.95. The second kappa shape index (κ2) is 12.0. The smallest absolute Gasteiger partial charge is 0.130 e. The first kappa shape index (κ1) is 16.7. The van der Waals surface area contributed by atoms with Crippen LogP contribution in [0, 0.1) is 0 Å². The molecule has 0 bridgehead atoms. The minimum atomic E-state index is 0. The lowest BCUT2D eigenvalue weighted by atomic mass is 10.2. The maximum atomic E-state index is 10.2. The minimum Gasteiger partial charge on any atom is -0.300 e. The summed E-state index contributed by atoms with van der Waals surface area (Å²) in [5.41, 5.74) is 0. The largest absolute Gasteiger partial charge is 0.300 e. The number of carbonyl (C=O) groups is 2. The number of ketones is 2. The number of Topliss-reactive ketones (excluding diaryl/α,β-unsaturated/α-hetero) is 2. The van der Waals surface area contributed by atoms with Gasteiger partial charge in [-0.2, -0.15) is 0 Å². The average Bonchev–Trinajstić information content (AvgIpc) is 1.89. The van der Waals surface area contributed by atoms with Crippen molar-refractivity contribution in [1.29, 1.82) is 0 Å². The minimum absolute atomic E-state index is 0. The Bertz CT molecular complexity index is 96.7. The zero-order valence-electron chi connectivity index (χ0n) is 7.64. The van der Waals surface area contributed by atoms with Crippen LogP contribution >= 0.6 is 0 Å². The van der Waals surface area contributed by atoms with E-state index in [-0.39, 0.29) is 16.3 Å². The molecule has 0 spiro atoms. The van der Waals surface area contributed by atoms with Crippen LogP contribution in [-0.4, -0.2) is 11.6 Å². The van der Waals surface area contributed by atoms with Crippen molar-refractivity contribution < 1.29 is 14.3 Å². The molecule has 0 heterocycles. The van der Waals surface area contributed by atoms with Gasteiger partial charge in [0.05, 0.1) is 0 Å². The van der Waals surface area contributed by atoms with Gasteiger partial charge in [-0.25, -0.2) is 0 Å². The van der Waals surface area contributed by atoms with Gasteiger partial charge in [0.15, 0.2) is 0 Å². The molecular formula is C8H17FO2. The van der Waals surface area contributed by atoms with Gasteiger partial charge in [0, 0.05) is 12.8 Å². The molecule has 0 aromatic carbocycles. The number of rotatable bonds is 3. The molecular weight excluding hydrogens is 147 g/mol. The van der Waals surface area contributed by atoms with Gasteiger partial charge in [-0.3, -0.25) is 4.70 Å². The first-order valence-corrected chi connectivity index (χ1v) is 3.62. The Morgan fingerprint density at radius 2 is 1.09 bits per heavy atom. The van der Waals surface area contributed by atoms with Gasteiger partial charge in [-0.1, -0.05) is 13.8 Å². The topological polar surface area (TPSA) is 34.1 Å². The van der Waals surface area contributed by atoms with Gasteiger partial charge < -0.3 is 9.59 Å². The van der Waals surface area contributed by atoms with E-state index in [2.05, 4.69) is 0 Å². The summed E-state index contributed by atoms with van der Waals surface area (Å²) in [6.45, 7) is 6.98. The fourth-order valence-electron chi connectivity index (χ4n) is 0.352. The molecule has 0 amide bonds. The third kappa shape index (κ3) is 26.9. The summed E-state index contributed by atoms with van der Waals surface area (Å²) in [5.74, 6) is 0.167. The Morgan fingerprint density at radius 1 is 0.909 bits per heavy atom. The van der Waals surface area contributed by atoms with Crippen LogP contribution < -0.4 is 0 Å². The molecule has 0 aliphatic carbocycles. The molecule has 68 valence electrons. The Kier molecular flexibility index (Phi) is 18.2. The standard InChI is InChI=1S/C6H10O2.C2H6.FH/c1-5(7)3-4-6(2)8;1-2;/h3-4H2,1-2H3;1-2H3;1H. The lowest BCUT2D eigenvalue weighted by Gasteiger charge is -1.86. The van der Waals surface area contributed by atoms with Crippen LogP contribution in [0.25, 0.3) is 0 Å². The Labute approximate surface area is 67.4 Å². The molecule has 3 heteroatoms. The van der Waals surface area contributed by atoms with Gasteiger partial charge in [0.2, 0.25) is 0 Å². The van der Waals surface area contributed by atoms with E-state index < -0.39 is 0 Å². The molecule has 2 nitrogen and oxygen atoms in total. The van der Waals surface area contributed by atoms with E-state index in [9.17, 15) is 9.59 Å². The molecule has 0 N–H and O–H groups in total. The van der Waals surface area contributed by atoms with Crippen LogP contribution in [0.2, 0.25) is 0 Å². The molecule has 0 aliphatic rings. The molecule has 0 fully saturated rings. The molecule has 11 heavy (non-hydrogen) atoms. The number of halogens is 1. The molecule has 0 aliphatic heterocycles. The third-order valence-corrected chi connectivity index (χ3v) is 0.829. The molecule has 0 aromatic heterocycles. The number of hydrogen-bond donors (Lipinski definition) is 0. The van der Waals surface area contributed by atoms with Crippen molar-refractivity contribution in [3.05, 3.63) is 0 Å². The van der Waals surface area contributed by atoms with Crippen LogP contribution in [0.3, 0.4) is 0 Å². The zero-order chi connectivity index (χ0) is 8.57. The molecule has 0 saturated carbocycles. The van der Waals surface area contributed by atoms with Crippen molar-refractivity contribution >= 4 is 11.6 Å². The number of hydrogen-bond acceptors (Lipinski definition) is 2. The Morgan fingerprint density at radius 3 is 1.18 bits per heavy atom. The van der Waals surface area contributed by atoms with E-state index in [0.717, 1.165) is 0 Å². The van der Waals surface area contributed by atoms with Gasteiger partial charge >= 0.3 is 0 Å². The van der Waals surface area contributed by atoms with Crippen molar-refractivity contribution in [3.8, 4) is 0 Å². The van der Waals surface area contributed by atoms with Crippen LogP contribution in [0.4, 0.5) is 4.70 Å². The molecule has 0 radical (unpaired) electrons. The van der Waals surface area contributed by atoms with Crippen LogP contribution in [0.1, 0.15) is 40.5 Å². The van der Waals surface area contributed by atoms with Crippen molar-refractivity contribution in [2.45, 2.75) is 40.5 Å². The summed E-state index contributed by atoms with van der Waals surface area (Å²) >= 11 is 0. The summed E-state index contributed by atoms with van der Waals surface area (Å²) in [7, 11) is 0. The Balaban J connectivity index is -0.000000196. The second-order valence-electron chi connectivity index (χ2n) is 1.90. The van der Waals surface area contributed by atoms with Gasteiger partial charge in [0.1, 0.15) is 11.6 Å². The van der Waals surface area contributed by atoms with Crippen molar-refractivity contribution in [2.24, 2.45) is 0 Å². The first-order valence-electron chi connectivity index (χ1n) is 3.62. The highest BCUT2D eigenvalue weighted by molar-refractivity contribution is 5.83. The fourth-order valence-corrected chi connectivity index (χ4v) is 0.352. The van der Waals surface area contributed by atoms with E-state index in [4.69, 9.17) is 0 Å². The van der Waals surface area contributed by atoms with Crippen LogP contribution in [0.5, 0.6) is 0 Å². The van der Waals surface area contributed by atoms with Crippen molar-refractivity contribution in [3.63, 3.8) is 0 Å². The quantitative estimate of drug-likeness (QED) is 0.640. The molecule has 0 saturated heterocycles. The maximum absolute atomic E-state index is 10.2. The van der Waals surface area contributed by atoms with Gasteiger partial charge in [0.25, 0.3) is 0 Å². The first-order chi connectivity index (χ1) is 4.63. The third-order valence-electron chi connectivity index (χ3n) is 0.829. The summed E-state index contributed by atoms with van der Waals surface area (Å²) < 4.78 is 0. The Hall–Kier alpha value is -0.730. The average molecular weight is 164 g/mol. The monoisotopic (exact) mass is 164 g/mol. The molecule has 0 aromatic rings. The second-order valence-corrected chi connectivity index (χ2v) is 1.90. The van der Waals surface area contributed by atoms with Crippen LogP contribution in [-0.2, 0) is 9.59 Å². The maximum Gasteiger partial charge on any atom is 0.130 e. The zero-order valence-corrected chi connectivity index (χ0v) is 7.64. The van der Waals surface area contributed by atoms with Crippen molar-refractivity contribution in [2.75, 3.05) is 0 Å². The van der Waals surface area contributed by atoms with E-state index in [1.807, 2.05) is 13.8 Å². The van der Waals surface area contributed by atoms with Crippen LogP contribution in [0.15, 0.2) is 0 Å². The lowest BCUT2D eigenvalue weighted by Crippen LogP contribution is -1.95. The van der Waals surface area contributed by atoms with E-state index in [1.165, 1.54) is 13.8 Å². The SMILES string of the molecule is CC.CC(=O)CCC(C)=O.F. The fraction of sp³-hybridized carbons (Fsp3) is 0.750. The lowest BCUT2D eigenvalue weighted by molar-refractivity contribution is -0.122. The number of carbonyl (C=O) groups excluding carboxylic acids is 2. The normalized spacial score (nSPS) is 6.91. The molecule has 0 unspecified atom stereocenters. The van der Waals surface area contributed by atoms with Gasteiger partial charge in [-0.05, 0) is 13.8 Å². The van der Waals surface area contributed by atoms with E-state index in [0.29, 0.717) is 12.8 Å². The summed E-state index contributed by atoms with van der Waals surface area (Å²) in [5, 5.41) is 0. The predicted octanol–water partition coefficient (Wildman–Crippen LogP) is 2.12. The van der Waals surface area contributed by atoms with Gasteiger partial charge in [-0.15, -0.1) is 0 Å². The predicted molar refractivity (Wildman–Crippen MR) is 44.4 cm³/mol.